The minimum atomic E-state index is 0.0777. The quantitative estimate of drug-likeness (QED) is 0.714. The lowest BCUT2D eigenvalue weighted by Crippen LogP contribution is -2.25. The molecular weight excluding hydrogens is 326 g/mol. The fraction of sp³-hybridized carbons (Fsp3) is 0.235. The van der Waals surface area contributed by atoms with Crippen LogP contribution in [0.5, 0.6) is 0 Å². The first kappa shape index (κ1) is 15.8. The van der Waals surface area contributed by atoms with E-state index in [0.29, 0.717) is 19.4 Å². The molecule has 0 bridgehead atoms. The van der Waals surface area contributed by atoms with Gasteiger partial charge in [0.25, 0.3) is 0 Å². The molecule has 0 spiro atoms. The molecule has 1 N–H and O–H groups in total. The number of aromatic nitrogens is 2. The van der Waals surface area contributed by atoms with Crippen LogP contribution in [0.1, 0.15) is 17.0 Å². The molecular formula is C17H17N3OS2. The molecule has 3 heterocycles. The van der Waals surface area contributed by atoms with Crippen LogP contribution < -0.4 is 5.32 Å². The molecule has 3 rings (SSSR count). The first-order chi connectivity index (χ1) is 11.3. The van der Waals surface area contributed by atoms with Gasteiger partial charge in [0.2, 0.25) is 5.91 Å². The van der Waals surface area contributed by atoms with Crippen LogP contribution >= 0.6 is 22.7 Å². The summed E-state index contributed by atoms with van der Waals surface area (Å²) < 4.78 is 0. The van der Waals surface area contributed by atoms with Crippen LogP contribution in [0.25, 0.3) is 10.7 Å². The molecule has 0 aromatic carbocycles. The van der Waals surface area contributed by atoms with Crippen LogP contribution in [-0.2, 0) is 17.6 Å². The normalized spacial score (nSPS) is 10.6. The number of rotatable bonds is 7. The Morgan fingerprint density at radius 3 is 2.87 bits per heavy atom. The minimum Gasteiger partial charge on any atom is -0.356 e. The predicted octanol–water partition coefficient (Wildman–Crippen LogP) is 3.56. The Morgan fingerprint density at radius 1 is 1.13 bits per heavy atom. The van der Waals surface area contributed by atoms with Gasteiger partial charge in [-0.2, -0.15) is 0 Å². The van der Waals surface area contributed by atoms with E-state index in [1.165, 1.54) is 4.88 Å². The summed E-state index contributed by atoms with van der Waals surface area (Å²) in [5, 5.41) is 7.92. The van der Waals surface area contributed by atoms with Gasteiger partial charge in [0.15, 0.2) is 0 Å². The number of pyridine rings is 1. The Balaban J connectivity index is 1.43. The predicted molar refractivity (Wildman–Crippen MR) is 94.7 cm³/mol. The summed E-state index contributed by atoms with van der Waals surface area (Å²) in [6.45, 7) is 0.690. The van der Waals surface area contributed by atoms with Gasteiger partial charge in [-0.3, -0.25) is 9.78 Å². The van der Waals surface area contributed by atoms with Crippen molar-refractivity contribution in [3.8, 4) is 10.7 Å². The molecule has 0 atom stereocenters. The van der Waals surface area contributed by atoms with Crippen LogP contribution in [0, 0.1) is 0 Å². The zero-order chi connectivity index (χ0) is 15.9. The minimum absolute atomic E-state index is 0.0777. The van der Waals surface area contributed by atoms with E-state index in [2.05, 4.69) is 26.7 Å². The fourth-order valence-corrected chi connectivity index (χ4v) is 3.68. The first-order valence-corrected chi connectivity index (χ1v) is 9.22. The van der Waals surface area contributed by atoms with Crippen molar-refractivity contribution in [2.75, 3.05) is 6.54 Å². The molecule has 0 aliphatic heterocycles. The highest BCUT2D eigenvalue weighted by Crippen LogP contribution is 2.21. The molecule has 118 valence electrons. The third-order valence-corrected chi connectivity index (χ3v) is 5.17. The van der Waals surface area contributed by atoms with E-state index in [4.69, 9.17) is 0 Å². The molecule has 0 unspecified atom stereocenters. The lowest BCUT2D eigenvalue weighted by molar-refractivity contribution is -0.121. The maximum Gasteiger partial charge on any atom is 0.220 e. The van der Waals surface area contributed by atoms with E-state index < -0.39 is 0 Å². The second-order valence-corrected chi connectivity index (χ2v) is 6.93. The monoisotopic (exact) mass is 343 g/mol. The second-order valence-electron chi connectivity index (χ2n) is 5.04. The topological polar surface area (TPSA) is 54.9 Å². The van der Waals surface area contributed by atoms with Crippen molar-refractivity contribution in [1.29, 1.82) is 0 Å². The Kier molecular flexibility index (Phi) is 5.50. The molecule has 0 radical (unpaired) electrons. The van der Waals surface area contributed by atoms with Crippen molar-refractivity contribution in [2.45, 2.75) is 19.3 Å². The molecule has 23 heavy (non-hydrogen) atoms. The van der Waals surface area contributed by atoms with Crippen LogP contribution in [0.2, 0.25) is 0 Å². The summed E-state index contributed by atoms with van der Waals surface area (Å²) in [4.78, 5) is 22.0. The van der Waals surface area contributed by atoms with Crippen molar-refractivity contribution < 1.29 is 4.79 Å². The summed E-state index contributed by atoms with van der Waals surface area (Å²) in [5.41, 5.74) is 1.83. The van der Waals surface area contributed by atoms with Crippen molar-refractivity contribution in [1.82, 2.24) is 15.3 Å². The summed E-state index contributed by atoms with van der Waals surface area (Å²) >= 11 is 3.29. The summed E-state index contributed by atoms with van der Waals surface area (Å²) in [6.07, 6.45) is 3.78. The van der Waals surface area contributed by atoms with Gasteiger partial charge in [0, 0.05) is 29.4 Å². The number of carbonyl (C=O) groups is 1. The highest BCUT2D eigenvalue weighted by molar-refractivity contribution is 7.13. The molecule has 0 fully saturated rings. The largest absolute Gasteiger partial charge is 0.356 e. The Hall–Kier alpha value is -2.05. The molecule has 0 aliphatic rings. The number of nitrogens with zero attached hydrogens (tertiary/aromatic N) is 2. The molecule has 0 aliphatic carbocycles. The first-order valence-electron chi connectivity index (χ1n) is 7.46. The van der Waals surface area contributed by atoms with Crippen LogP contribution in [0.3, 0.4) is 0 Å². The van der Waals surface area contributed by atoms with Gasteiger partial charge < -0.3 is 5.32 Å². The van der Waals surface area contributed by atoms with E-state index in [-0.39, 0.29) is 5.91 Å². The van der Waals surface area contributed by atoms with Crippen LogP contribution in [0.15, 0.2) is 47.3 Å². The Bertz CT molecular complexity index is 738. The molecule has 0 saturated carbocycles. The maximum absolute atomic E-state index is 11.9. The highest BCUT2D eigenvalue weighted by atomic mass is 32.1. The van der Waals surface area contributed by atoms with E-state index in [0.717, 1.165) is 22.8 Å². The third-order valence-electron chi connectivity index (χ3n) is 3.32. The number of amides is 1. The van der Waals surface area contributed by atoms with Gasteiger partial charge in [0.1, 0.15) is 5.01 Å². The molecule has 6 heteroatoms. The van der Waals surface area contributed by atoms with Crippen LogP contribution in [0.4, 0.5) is 0 Å². The average molecular weight is 343 g/mol. The third kappa shape index (κ3) is 4.71. The lowest BCUT2D eigenvalue weighted by atomic mass is 10.2. The van der Waals surface area contributed by atoms with Gasteiger partial charge >= 0.3 is 0 Å². The van der Waals surface area contributed by atoms with Gasteiger partial charge in [-0.25, -0.2) is 4.98 Å². The van der Waals surface area contributed by atoms with E-state index in [9.17, 15) is 4.79 Å². The van der Waals surface area contributed by atoms with Gasteiger partial charge in [-0.05, 0) is 36.4 Å². The van der Waals surface area contributed by atoms with Crippen molar-refractivity contribution in [2.24, 2.45) is 0 Å². The highest BCUT2D eigenvalue weighted by Gasteiger charge is 2.08. The Labute approximate surface area is 143 Å². The number of hydrogen-bond donors (Lipinski definition) is 1. The lowest BCUT2D eigenvalue weighted by Gasteiger charge is -2.03. The number of thiazole rings is 1. The average Bonchev–Trinajstić information content (AvgIpc) is 3.25. The number of thiophene rings is 1. The maximum atomic E-state index is 11.9. The summed E-state index contributed by atoms with van der Waals surface area (Å²) in [7, 11) is 0. The smallest absolute Gasteiger partial charge is 0.220 e. The van der Waals surface area contributed by atoms with Crippen molar-refractivity contribution in [3.63, 3.8) is 0 Å². The molecule has 3 aromatic heterocycles. The molecule has 0 saturated heterocycles. The zero-order valence-corrected chi connectivity index (χ0v) is 14.2. The van der Waals surface area contributed by atoms with E-state index in [1.54, 1.807) is 28.9 Å². The SMILES string of the molecule is O=C(CCc1csc(-c2ccccn2)n1)NCCc1cccs1. The van der Waals surface area contributed by atoms with Gasteiger partial charge in [-0.1, -0.05) is 12.1 Å². The molecule has 1 amide bonds. The standard InChI is InChI=1S/C17H17N3OS2/c21-16(19-10-8-14-4-3-11-22-14)7-6-13-12-23-17(20-13)15-5-1-2-9-18-15/h1-5,9,11-12H,6-8,10H2,(H,19,21). The number of aryl methyl sites for hydroxylation is 1. The fourth-order valence-electron chi connectivity index (χ4n) is 2.14. The van der Waals surface area contributed by atoms with E-state index in [1.807, 2.05) is 29.6 Å². The van der Waals surface area contributed by atoms with E-state index >= 15 is 0 Å². The zero-order valence-electron chi connectivity index (χ0n) is 12.6. The van der Waals surface area contributed by atoms with Crippen LogP contribution in [-0.4, -0.2) is 22.4 Å². The Morgan fingerprint density at radius 2 is 2.09 bits per heavy atom. The van der Waals surface area contributed by atoms with Crippen molar-refractivity contribution >= 4 is 28.6 Å². The number of carbonyl (C=O) groups excluding carboxylic acids is 1. The summed E-state index contributed by atoms with van der Waals surface area (Å²) in [5.74, 6) is 0.0777. The number of nitrogens with one attached hydrogen (secondary N) is 1. The van der Waals surface area contributed by atoms with Gasteiger partial charge in [-0.15, -0.1) is 22.7 Å². The van der Waals surface area contributed by atoms with Crippen molar-refractivity contribution in [3.05, 3.63) is 57.9 Å². The summed E-state index contributed by atoms with van der Waals surface area (Å²) in [6, 6.07) is 9.90. The number of hydrogen-bond acceptors (Lipinski definition) is 5. The second kappa shape index (κ2) is 7.99. The molecule has 3 aromatic rings. The molecule has 4 nitrogen and oxygen atoms in total. The van der Waals surface area contributed by atoms with Gasteiger partial charge in [0.05, 0.1) is 11.4 Å².